The van der Waals surface area contributed by atoms with Crippen LogP contribution in [-0.4, -0.2) is 10.5 Å². The van der Waals surface area contributed by atoms with Gasteiger partial charge in [0, 0.05) is 22.7 Å². The van der Waals surface area contributed by atoms with Gasteiger partial charge in [0.15, 0.2) is 5.76 Å². The second-order valence-electron chi connectivity index (χ2n) is 4.96. The number of carbonyl (C=O) groups excluding carboxylic acids is 1. The fourth-order valence-corrected chi connectivity index (χ4v) is 2.54. The number of nitrogens with zero attached hydrogens (tertiary/aromatic N) is 1. The average molecular weight is 276 g/mol. The molecule has 4 nitrogen and oxygen atoms in total. The molecular formula is C17H12N2O2. The van der Waals surface area contributed by atoms with Crippen LogP contribution in [0.5, 0.6) is 0 Å². The standard InChI is InChI=1S/C17H12N2O2/c18-13-5-6-14-11(9-13)7-8-19(14)17(20)16-10-12-3-1-2-4-15(12)21-16/h1-10H,18H2. The fraction of sp³-hybridized carbons (Fsp3) is 0. The van der Waals surface area contributed by atoms with Crippen LogP contribution in [0, 0.1) is 0 Å². The molecule has 0 saturated heterocycles. The quantitative estimate of drug-likeness (QED) is 0.540. The van der Waals surface area contributed by atoms with Gasteiger partial charge in [0.2, 0.25) is 0 Å². The van der Waals surface area contributed by atoms with Gasteiger partial charge in [-0.05, 0) is 36.4 Å². The summed E-state index contributed by atoms with van der Waals surface area (Å²) in [6.45, 7) is 0. The van der Waals surface area contributed by atoms with Crippen LogP contribution in [0.1, 0.15) is 10.6 Å². The lowest BCUT2D eigenvalue weighted by Gasteiger charge is -2.01. The highest BCUT2D eigenvalue weighted by atomic mass is 16.3. The number of aromatic nitrogens is 1. The molecule has 0 aliphatic rings. The van der Waals surface area contributed by atoms with Gasteiger partial charge in [0.1, 0.15) is 5.58 Å². The number of nitrogens with two attached hydrogens (primary N) is 1. The first-order valence-electron chi connectivity index (χ1n) is 6.62. The van der Waals surface area contributed by atoms with E-state index in [1.165, 1.54) is 0 Å². The van der Waals surface area contributed by atoms with Crippen molar-refractivity contribution in [1.29, 1.82) is 0 Å². The lowest BCUT2D eigenvalue weighted by molar-refractivity contribution is 0.0940. The zero-order valence-corrected chi connectivity index (χ0v) is 11.1. The van der Waals surface area contributed by atoms with E-state index in [0.717, 1.165) is 16.3 Å². The molecule has 2 aromatic heterocycles. The Morgan fingerprint density at radius 1 is 1.00 bits per heavy atom. The van der Waals surface area contributed by atoms with E-state index in [0.29, 0.717) is 17.0 Å². The highest BCUT2D eigenvalue weighted by Gasteiger charge is 2.16. The van der Waals surface area contributed by atoms with E-state index in [1.807, 2.05) is 42.5 Å². The molecule has 0 fully saturated rings. The SMILES string of the molecule is Nc1ccc2c(ccn2C(=O)c2cc3ccccc3o2)c1. The van der Waals surface area contributed by atoms with Crippen molar-refractivity contribution in [3.63, 3.8) is 0 Å². The molecule has 2 aromatic carbocycles. The largest absolute Gasteiger partial charge is 0.451 e. The van der Waals surface area contributed by atoms with Crippen molar-refractivity contribution >= 4 is 33.5 Å². The van der Waals surface area contributed by atoms with Gasteiger partial charge < -0.3 is 10.2 Å². The monoisotopic (exact) mass is 276 g/mol. The second-order valence-corrected chi connectivity index (χ2v) is 4.96. The molecule has 0 amide bonds. The number of furan rings is 1. The van der Waals surface area contributed by atoms with Crippen molar-refractivity contribution in [2.24, 2.45) is 0 Å². The lowest BCUT2D eigenvalue weighted by atomic mass is 10.2. The Morgan fingerprint density at radius 2 is 1.86 bits per heavy atom. The molecule has 0 saturated carbocycles. The molecule has 0 unspecified atom stereocenters. The Labute approximate surface area is 120 Å². The summed E-state index contributed by atoms with van der Waals surface area (Å²) < 4.78 is 7.21. The van der Waals surface area contributed by atoms with Crippen LogP contribution in [-0.2, 0) is 0 Å². The van der Waals surface area contributed by atoms with E-state index in [-0.39, 0.29) is 5.91 Å². The third-order valence-corrected chi connectivity index (χ3v) is 3.57. The number of fused-ring (bicyclic) bond motifs is 2. The molecule has 0 atom stereocenters. The number of rotatable bonds is 1. The first-order chi connectivity index (χ1) is 10.2. The molecule has 2 heterocycles. The highest BCUT2D eigenvalue weighted by molar-refractivity contribution is 6.03. The summed E-state index contributed by atoms with van der Waals surface area (Å²) in [6.07, 6.45) is 1.74. The van der Waals surface area contributed by atoms with E-state index >= 15 is 0 Å². The molecule has 2 N–H and O–H groups in total. The predicted octanol–water partition coefficient (Wildman–Crippen LogP) is 3.66. The number of nitrogen functional groups attached to an aromatic ring is 1. The normalized spacial score (nSPS) is 11.2. The average Bonchev–Trinajstić information content (AvgIpc) is 3.09. The van der Waals surface area contributed by atoms with E-state index in [9.17, 15) is 4.79 Å². The van der Waals surface area contributed by atoms with Gasteiger partial charge in [-0.3, -0.25) is 9.36 Å². The molecule has 0 radical (unpaired) electrons. The van der Waals surface area contributed by atoms with Crippen LogP contribution in [0.2, 0.25) is 0 Å². The Hall–Kier alpha value is -3.01. The van der Waals surface area contributed by atoms with Gasteiger partial charge in [0.25, 0.3) is 5.91 Å². The Morgan fingerprint density at radius 3 is 2.71 bits per heavy atom. The molecule has 102 valence electrons. The predicted molar refractivity (Wildman–Crippen MR) is 82.3 cm³/mol. The molecule has 0 spiro atoms. The zero-order chi connectivity index (χ0) is 14.4. The van der Waals surface area contributed by atoms with E-state index in [2.05, 4.69) is 0 Å². The molecule has 0 aliphatic heterocycles. The minimum absolute atomic E-state index is 0.189. The maximum Gasteiger partial charge on any atom is 0.298 e. The fourth-order valence-electron chi connectivity index (χ4n) is 2.54. The van der Waals surface area contributed by atoms with Crippen molar-refractivity contribution in [2.45, 2.75) is 0 Å². The number of hydrogen-bond acceptors (Lipinski definition) is 3. The molecule has 4 aromatic rings. The smallest absolute Gasteiger partial charge is 0.298 e. The van der Waals surface area contributed by atoms with Crippen LogP contribution in [0.4, 0.5) is 5.69 Å². The van der Waals surface area contributed by atoms with E-state index < -0.39 is 0 Å². The number of benzene rings is 2. The van der Waals surface area contributed by atoms with Gasteiger partial charge >= 0.3 is 0 Å². The second kappa shape index (κ2) is 4.24. The van der Waals surface area contributed by atoms with Crippen LogP contribution in [0.3, 0.4) is 0 Å². The minimum Gasteiger partial charge on any atom is -0.451 e. The first-order valence-corrected chi connectivity index (χ1v) is 6.62. The summed E-state index contributed by atoms with van der Waals surface area (Å²) in [5, 5.41) is 1.85. The van der Waals surface area contributed by atoms with Gasteiger partial charge in [0.05, 0.1) is 5.52 Å². The van der Waals surface area contributed by atoms with Crippen molar-refractivity contribution in [3.05, 3.63) is 66.6 Å². The third kappa shape index (κ3) is 1.80. The van der Waals surface area contributed by atoms with E-state index in [1.54, 1.807) is 22.9 Å². The van der Waals surface area contributed by atoms with Gasteiger partial charge in [-0.2, -0.15) is 0 Å². The van der Waals surface area contributed by atoms with Gasteiger partial charge in [-0.1, -0.05) is 18.2 Å². The Bertz CT molecular complexity index is 946. The van der Waals surface area contributed by atoms with Gasteiger partial charge in [-0.15, -0.1) is 0 Å². The number of hydrogen-bond donors (Lipinski definition) is 1. The summed E-state index contributed by atoms with van der Waals surface area (Å²) in [6, 6.07) is 16.7. The molecule has 0 bridgehead atoms. The number of anilines is 1. The van der Waals surface area contributed by atoms with Crippen LogP contribution >= 0.6 is 0 Å². The van der Waals surface area contributed by atoms with Crippen molar-refractivity contribution in [1.82, 2.24) is 4.57 Å². The summed E-state index contributed by atoms with van der Waals surface area (Å²) in [7, 11) is 0. The first kappa shape index (κ1) is 11.8. The Balaban J connectivity index is 1.85. The molecule has 4 rings (SSSR count). The van der Waals surface area contributed by atoms with Gasteiger partial charge in [-0.25, -0.2) is 0 Å². The zero-order valence-electron chi connectivity index (χ0n) is 11.1. The lowest BCUT2D eigenvalue weighted by Crippen LogP contribution is -2.09. The maximum absolute atomic E-state index is 12.6. The third-order valence-electron chi connectivity index (χ3n) is 3.57. The Kier molecular flexibility index (Phi) is 2.38. The molecule has 0 aliphatic carbocycles. The molecular weight excluding hydrogens is 264 g/mol. The van der Waals surface area contributed by atoms with E-state index in [4.69, 9.17) is 10.2 Å². The molecule has 21 heavy (non-hydrogen) atoms. The topological polar surface area (TPSA) is 61.2 Å². The summed E-state index contributed by atoms with van der Waals surface area (Å²) in [4.78, 5) is 12.6. The highest BCUT2D eigenvalue weighted by Crippen LogP contribution is 2.23. The van der Waals surface area contributed by atoms with Crippen molar-refractivity contribution in [2.75, 3.05) is 5.73 Å². The number of para-hydroxylation sites is 1. The summed E-state index contributed by atoms with van der Waals surface area (Å²) in [5.74, 6) is 0.136. The van der Waals surface area contributed by atoms with Crippen LogP contribution in [0.25, 0.3) is 21.9 Å². The number of carbonyl (C=O) groups is 1. The van der Waals surface area contributed by atoms with Crippen LogP contribution < -0.4 is 5.73 Å². The minimum atomic E-state index is -0.189. The van der Waals surface area contributed by atoms with Crippen molar-refractivity contribution in [3.8, 4) is 0 Å². The summed E-state index contributed by atoms with van der Waals surface area (Å²) in [5.41, 5.74) is 7.96. The maximum atomic E-state index is 12.6. The van der Waals surface area contributed by atoms with Crippen LogP contribution in [0.15, 0.2) is 65.2 Å². The summed E-state index contributed by atoms with van der Waals surface area (Å²) >= 11 is 0. The van der Waals surface area contributed by atoms with Crippen molar-refractivity contribution < 1.29 is 9.21 Å². The molecule has 4 heteroatoms.